The van der Waals surface area contributed by atoms with E-state index in [0.717, 1.165) is 11.9 Å². The molecule has 13 heavy (non-hydrogen) atoms. The Morgan fingerprint density at radius 3 is 1.85 bits per heavy atom. The summed E-state index contributed by atoms with van der Waals surface area (Å²) in [7, 11) is 11.1. The Bertz CT molecular complexity index is 207. The van der Waals surface area contributed by atoms with E-state index >= 15 is 0 Å². The maximum Gasteiger partial charge on any atom is 0.202 e. The first-order valence-electron chi connectivity index (χ1n) is 4.10. The molecule has 0 atom stereocenters. The van der Waals surface area contributed by atoms with Gasteiger partial charge in [-0.3, -0.25) is 14.9 Å². The molecule has 0 aromatic carbocycles. The Balaban J connectivity index is 4.65. The van der Waals surface area contributed by atoms with Gasteiger partial charge < -0.3 is 10.2 Å². The molecule has 0 rings (SSSR count). The fraction of sp³-hybridized carbons (Fsp3) is 0.750. The molecule has 0 saturated heterocycles. The molecule has 0 aromatic rings. The lowest BCUT2D eigenvalue weighted by Gasteiger charge is -2.26. The predicted octanol–water partition coefficient (Wildman–Crippen LogP) is -0.329. The Hall–Kier alpha value is -1.26. The molecule has 0 radical (unpaired) electrons. The zero-order valence-corrected chi connectivity index (χ0v) is 9.29. The third-order valence-electron chi connectivity index (χ3n) is 1.65. The molecule has 0 unspecified atom stereocenters. The van der Waals surface area contributed by atoms with Gasteiger partial charge in [-0.15, -0.1) is 0 Å². The third kappa shape index (κ3) is 2.93. The van der Waals surface area contributed by atoms with Gasteiger partial charge in [-0.05, 0) is 0 Å². The SMILES string of the molecule is C/N=C(/N(C)C)N(C)/C(=N/C)NC. The predicted molar refractivity (Wildman–Crippen MR) is 57.2 cm³/mol. The van der Waals surface area contributed by atoms with Crippen LogP contribution in [-0.4, -0.2) is 64.0 Å². The smallest absolute Gasteiger partial charge is 0.202 e. The van der Waals surface area contributed by atoms with Crippen LogP contribution in [0.25, 0.3) is 0 Å². The molecule has 1 N–H and O–H groups in total. The number of hydrogen-bond donors (Lipinski definition) is 1. The van der Waals surface area contributed by atoms with Crippen LogP contribution in [-0.2, 0) is 0 Å². The summed E-state index contributed by atoms with van der Waals surface area (Å²) in [6.07, 6.45) is 0. The quantitative estimate of drug-likeness (QED) is 0.415. The van der Waals surface area contributed by atoms with Crippen molar-refractivity contribution in [1.29, 1.82) is 0 Å². The number of guanidine groups is 2. The highest BCUT2D eigenvalue weighted by Crippen LogP contribution is 1.91. The lowest BCUT2D eigenvalue weighted by Crippen LogP contribution is -2.46. The summed E-state index contributed by atoms with van der Waals surface area (Å²) in [4.78, 5) is 12.1. The minimum absolute atomic E-state index is 0.786. The van der Waals surface area contributed by atoms with Crippen molar-refractivity contribution in [2.24, 2.45) is 9.98 Å². The van der Waals surface area contributed by atoms with E-state index in [9.17, 15) is 0 Å². The molecule has 0 aliphatic rings. The highest BCUT2D eigenvalue weighted by atomic mass is 15.4. The van der Waals surface area contributed by atoms with Crippen LogP contribution in [0, 0.1) is 0 Å². The molecule has 0 saturated carbocycles. The second-order valence-corrected chi connectivity index (χ2v) is 2.77. The van der Waals surface area contributed by atoms with Crippen LogP contribution in [0.15, 0.2) is 9.98 Å². The molecule has 0 aliphatic heterocycles. The molecule has 5 nitrogen and oxygen atoms in total. The van der Waals surface area contributed by atoms with Crippen molar-refractivity contribution >= 4 is 11.9 Å². The summed E-state index contributed by atoms with van der Waals surface area (Å²) in [6, 6.07) is 0. The van der Waals surface area contributed by atoms with Crippen molar-refractivity contribution < 1.29 is 0 Å². The number of rotatable bonds is 0. The topological polar surface area (TPSA) is 43.2 Å². The first kappa shape index (κ1) is 11.7. The molecule has 0 heterocycles. The Morgan fingerprint density at radius 1 is 1.08 bits per heavy atom. The van der Waals surface area contributed by atoms with Gasteiger partial charge in [0, 0.05) is 42.3 Å². The van der Waals surface area contributed by atoms with Crippen molar-refractivity contribution in [2.75, 3.05) is 42.3 Å². The average Bonchev–Trinajstić information content (AvgIpc) is 2.07. The summed E-state index contributed by atoms with van der Waals surface area (Å²) in [5, 5.41) is 2.99. The molecule has 0 spiro atoms. The standard InChI is InChI=1S/C8H19N5/c1-9-7(10-2)13(6)8(11-3)12(4)5/h1-6H3,(H,9,10)/b11-8-. The lowest BCUT2D eigenvalue weighted by molar-refractivity contribution is 0.523. The highest BCUT2D eigenvalue weighted by molar-refractivity contribution is 5.97. The normalized spacial score (nSPS) is 12.8. The zero-order chi connectivity index (χ0) is 10.4. The molecule has 0 amide bonds. The third-order valence-corrected chi connectivity index (χ3v) is 1.65. The second kappa shape index (κ2) is 5.40. The first-order chi connectivity index (χ1) is 6.08. The Kier molecular flexibility index (Phi) is 4.87. The van der Waals surface area contributed by atoms with Crippen LogP contribution < -0.4 is 5.32 Å². The maximum absolute atomic E-state index is 4.15. The van der Waals surface area contributed by atoms with Crippen LogP contribution >= 0.6 is 0 Å². The Labute approximate surface area is 80.2 Å². The van der Waals surface area contributed by atoms with Crippen LogP contribution in [0.5, 0.6) is 0 Å². The van der Waals surface area contributed by atoms with Gasteiger partial charge in [0.25, 0.3) is 0 Å². The van der Waals surface area contributed by atoms with E-state index in [1.54, 1.807) is 14.1 Å². The minimum Gasteiger partial charge on any atom is -0.359 e. The van der Waals surface area contributed by atoms with Crippen molar-refractivity contribution in [3.8, 4) is 0 Å². The van der Waals surface area contributed by atoms with Gasteiger partial charge in [0.1, 0.15) is 0 Å². The van der Waals surface area contributed by atoms with Crippen LogP contribution in [0.4, 0.5) is 0 Å². The number of aliphatic imine (C=N–C) groups is 2. The van der Waals surface area contributed by atoms with Crippen LogP contribution in [0.1, 0.15) is 0 Å². The van der Waals surface area contributed by atoms with Gasteiger partial charge >= 0.3 is 0 Å². The second-order valence-electron chi connectivity index (χ2n) is 2.77. The van der Waals surface area contributed by atoms with Gasteiger partial charge in [-0.1, -0.05) is 0 Å². The van der Waals surface area contributed by atoms with E-state index in [4.69, 9.17) is 0 Å². The molecular formula is C8H19N5. The van der Waals surface area contributed by atoms with Crippen molar-refractivity contribution in [3.05, 3.63) is 0 Å². The monoisotopic (exact) mass is 185 g/mol. The van der Waals surface area contributed by atoms with Gasteiger partial charge in [0.15, 0.2) is 5.96 Å². The fourth-order valence-corrected chi connectivity index (χ4v) is 1.17. The summed E-state index contributed by atoms with van der Waals surface area (Å²) < 4.78 is 0. The fourth-order valence-electron chi connectivity index (χ4n) is 1.17. The summed E-state index contributed by atoms with van der Waals surface area (Å²) in [6.45, 7) is 0. The number of nitrogens with one attached hydrogen (secondary N) is 1. The van der Waals surface area contributed by atoms with E-state index in [0.29, 0.717) is 0 Å². The highest BCUT2D eigenvalue weighted by Gasteiger charge is 2.11. The van der Waals surface area contributed by atoms with E-state index in [1.807, 2.05) is 38.0 Å². The van der Waals surface area contributed by atoms with Crippen LogP contribution in [0.3, 0.4) is 0 Å². The zero-order valence-electron chi connectivity index (χ0n) is 9.29. The maximum atomic E-state index is 4.15. The van der Waals surface area contributed by atoms with E-state index in [2.05, 4.69) is 15.3 Å². The first-order valence-corrected chi connectivity index (χ1v) is 4.10. The molecule has 5 heteroatoms. The van der Waals surface area contributed by atoms with Crippen LogP contribution in [0.2, 0.25) is 0 Å². The largest absolute Gasteiger partial charge is 0.359 e. The summed E-state index contributed by atoms with van der Waals surface area (Å²) >= 11 is 0. The van der Waals surface area contributed by atoms with E-state index in [1.165, 1.54) is 0 Å². The van der Waals surface area contributed by atoms with E-state index in [-0.39, 0.29) is 0 Å². The van der Waals surface area contributed by atoms with Gasteiger partial charge in [0.2, 0.25) is 5.96 Å². The molecule has 0 aromatic heterocycles. The van der Waals surface area contributed by atoms with Crippen molar-refractivity contribution in [1.82, 2.24) is 15.1 Å². The summed E-state index contributed by atoms with van der Waals surface area (Å²) in [5.74, 6) is 1.64. The van der Waals surface area contributed by atoms with Crippen molar-refractivity contribution in [2.45, 2.75) is 0 Å². The van der Waals surface area contributed by atoms with Gasteiger partial charge in [0.05, 0.1) is 0 Å². The average molecular weight is 185 g/mol. The lowest BCUT2D eigenvalue weighted by atomic mass is 10.6. The molecular weight excluding hydrogens is 166 g/mol. The Morgan fingerprint density at radius 2 is 1.62 bits per heavy atom. The van der Waals surface area contributed by atoms with E-state index < -0.39 is 0 Å². The molecule has 76 valence electrons. The molecule has 0 fully saturated rings. The summed E-state index contributed by atoms with van der Waals surface area (Å²) in [5.41, 5.74) is 0. The van der Waals surface area contributed by atoms with Gasteiger partial charge in [-0.2, -0.15) is 0 Å². The molecule has 0 aliphatic carbocycles. The molecule has 0 bridgehead atoms. The number of nitrogens with zero attached hydrogens (tertiary/aromatic N) is 4. The van der Waals surface area contributed by atoms with Gasteiger partial charge in [-0.25, -0.2) is 0 Å². The van der Waals surface area contributed by atoms with Crippen molar-refractivity contribution in [3.63, 3.8) is 0 Å². The minimum atomic E-state index is 0.786. The number of hydrogen-bond acceptors (Lipinski definition) is 2.